The first kappa shape index (κ1) is 26.7. The van der Waals surface area contributed by atoms with Crippen molar-refractivity contribution in [3.05, 3.63) is 59.5 Å². The number of esters is 1. The van der Waals surface area contributed by atoms with Gasteiger partial charge in [0.25, 0.3) is 0 Å². The normalized spacial score (nSPS) is 29.8. The summed E-state index contributed by atoms with van der Waals surface area (Å²) in [5.41, 5.74) is 2.89. The summed E-state index contributed by atoms with van der Waals surface area (Å²) in [6.45, 7) is 0.233. The van der Waals surface area contributed by atoms with E-state index in [0.29, 0.717) is 40.9 Å². The molecule has 5 aliphatic rings. The van der Waals surface area contributed by atoms with E-state index in [-0.39, 0.29) is 35.5 Å². The van der Waals surface area contributed by atoms with Crippen LogP contribution in [0.2, 0.25) is 0 Å². The predicted octanol–water partition coefficient (Wildman–Crippen LogP) is 7.09. The maximum absolute atomic E-state index is 13.2. The lowest BCUT2D eigenvalue weighted by Gasteiger charge is -2.40. The second-order valence-corrected chi connectivity index (χ2v) is 13.6. The SMILES string of the molecule is COC(=O)c1nsc2cc(N3C4CC5C(OCc6c(-c7ccccc7OC(F)(F)F)noc6C6CC6)C5C35CC5C4)ccc12. The maximum atomic E-state index is 13.2. The van der Waals surface area contributed by atoms with E-state index in [1.54, 1.807) is 12.1 Å². The molecule has 1 spiro atoms. The van der Waals surface area contributed by atoms with Crippen LogP contribution in [-0.2, 0) is 16.1 Å². The molecule has 4 aromatic rings. The Morgan fingerprint density at radius 3 is 2.82 bits per heavy atom. The van der Waals surface area contributed by atoms with E-state index in [9.17, 15) is 18.0 Å². The van der Waals surface area contributed by atoms with Gasteiger partial charge >= 0.3 is 12.3 Å². The molecule has 2 saturated heterocycles. The minimum Gasteiger partial charge on any atom is -0.464 e. The van der Waals surface area contributed by atoms with Crippen LogP contribution >= 0.6 is 11.5 Å². The minimum atomic E-state index is -4.82. The number of benzene rings is 2. The van der Waals surface area contributed by atoms with Crippen LogP contribution in [0.5, 0.6) is 5.75 Å². The largest absolute Gasteiger partial charge is 0.573 e. The zero-order valence-corrected chi connectivity index (χ0v) is 24.5. The molecule has 4 heterocycles. The molecule has 3 aliphatic carbocycles. The lowest BCUT2D eigenvalue weighted by Crippen LogP contribution is -2.46. The van der Waals surface area contributed by atoms with Gasteiger partial charge in [-0.1, -0.05) is 17.3 Å². The zero-order chi connectivity index (χ0) is 30.0. The van der Waals surface area contributed by atoms with Crippen LogP contribution in [0, 0.1) is 17.8 Å². The van der Waals surface area contributed by atoms with E-state index in [0.717, 1.165) is 47.0 Å². The number of anilines is 1. The van der Waals surface area contributed by atoms with Gasteiger partial charge in [-0.15, -0.1) is 13.2 Å². The molecule has 228 valence electrons. The van der Waals surface area contributed by atoms with Crippen molar-refractivity contribution in [2.75, 3.05) is 12.0 Å². The summed E-state index contributed by atoms with van der Waals surface area (Å²) < 4.78 is 66.5. The summed E-state index contributed by atoms with van der Waals surface area (Å²) in [4.78, 5) is 14.8. The Labute approximate surface area is 254 Å². The summed E-state index contributed by atoms with van der Waals surface area (Å²) >= 11 is 1.31. The van der Waals surface area contributed by atoms with Gasteiger partial charge in [0.05, 0.1) is 24.5 Å². The van der Waals surface area contributed by atoms with Crippen molar-refractivity contribution in [3.63, 3.8) is 0 Å². The van der Waals surface area contributed by atoms with Gasteiger partial charge in [-0.25, -0.2) is 4.79 Å². The Kier molecular flexibility index (Phi) is 5.59. The molecule has 8 nitrogen and oxygen atoms in total. The molecule has 2 aliphatic heterocycles. The quantitative estimate of drug-likeness (QED) is 0.193. The third-order valence-corrected chi connectivity index (χ3v) is 11.2. The van der Waals surface area contributed by atoms with Crippen LogP contribution < -0.4 is 9.64 Å². The molecular weight excluding hydrogens is 595 g/mol. The van der Waals surface area contributed by atoms with Gasteiger partial charge in [-0.05, 0) is 85.8 Å². The summed E-state index contributed by atoms with van der Waals surface area (Å²) in [5.74, 6) is 1.66. The van der Waals surface area contributed by atoms with Crippen LogP contribution in [-0.4, -0.2) is 46.7 Å². The van der Waals surface area contributed by atoms with Crippen molar-refractivity contribution >= 4 is 33.3 Å². The highest BCUT2D eigenvalue weighted by Gasteiger charge is 2.80. The summed E-state index contributed by atoms with van der Waals surface area (Å²) in [6, 6.07) is 12.7. The van der Waals surface area contributed by atoms with E-state index in [4.69, 9.17) is 14.0 Å². The van der Waals surface area contributed by atoms with Crippen molar-refractivity contribution in [1.29, 1.82) is 0 Å². The van der Waals surface area contributed by atoms with Crippen molar-refractivity contribution in [2.45, 2.75) is 68.7 Å². The fourth-order valence-corrected chi connectivity index (χ4v) is 9.25. The van der Waals surface area contributed by atoms with Gasteiger partial charge < -0.3 is 23.6 Å². The van der Waals surface area contributed by atoms with E-state index in [2.05, 4.69) is 31.3 Å². The highest BCUT2D eigenvalue weighted by atomic mass is 32.1. The number of hydrogen-bond donors (Lipinski definition) is 0. The minimum absolute atomic E-state index is 0.0613. The number of carbonyl (C=O) groups excluding carboxylic acids is 1. The first-order valence-corrected chi connectivity index (χ1v) is 15.8. The fraction of sp³-hybridized carbons (Fsp3) is 0.469. The lowest BCUT2D eigenvalue weighted by atomic mass is 9.96. The number of hydrogen-bond acceptors (Lipinski definition) is 9. The second kappa shape index (κ2) is 9.20. The third-order valence-electron chi connectivity index (χ3n) is 10.4. The number of alkyl halides is 3. The van der Waals surface area contributed by atoms with Gasteiger partial charge in [-0.3, -0.25) is 0 Å². The van der Waals surface area contributed by atoms with E-state index >= 15 is 0 Å². The molecular formula is C32H28F3N3O5S. The van der Waals surface area contributed by atoms with E-state index in [1.165, 1.54) is 37.2 Å². The number of fused-ring (bicyclic) bond motifs is 3. The van der Waals surface area contributed by atoms with Gasteiger partial charge in [0, 0.05) is 45.6 Å². The molecule has 0 N–H and O–H groups in total. The summed E-state index contributed by atoms with van der Waals surface area (Å²) in [6.07, 6.45) is 0.516. The molecule has 3 saturated carbocycles. The first-order chi connectivity index (χ1) is 21.3. The van der Waals surface area contributed by atoms with Crippen LogP contribution in [0.3, 0.4) is 0 Å². The number of methoxy groups -OCH3 is 1. The maximum Gasteiger partial charge on any atom is 0.573 e. The number of ether oxygens (including phenoxy) is 3. The second-order valence-electron chi connectivity index (χ2n) is 12.7. The molecule has 9 rings (SSSR count). The Balaban J connectivity index is 0.982. The van der Waals surface area contributed by atoms with E-state index in [1.807, 2.05) is 6.07 Å². The van der Waals surface area contributed by atoms with Gasteiger partial charge in [0.1, 0.15) is 17.2 Å². The van der Waals surface area contributed by atoms with Crippen LogP contribution in [0.1, 0.15) is 59.8 Å². The highest BCUT2D eigenvalue weighted by Crippen LogP contribution is 2.75. The van der Waals surface area contributed by atoms with Gasteiger partial charge in [0.2, 0.25) is 0 Å². The molecule has 0 radical (unpaired) electrons. The molecule has 2 bridgehead atoms. The molecule has 44 heavy (non-hydrogen) atoms. The monoisotopic (exact) mass is 623 g/mol. The van der Waals surface area contributed by atoms with Crippen molar-refractivity contribution in [2.24, 2.45) is 17.8 Å². The standard InChI is InChI=1S/C32H28F3N3O5S/c1-40-30(39)27-20-9-8-17(12-24(20)44-37-27)38-18-10-16-13-31(16,38)25-21(11-18)29(25)41-14-22-26(36-43-28(22)15-6-7-15)19-4-2-3-5-23(19)42-32(33,34)35/h2-5,8-9,12,15-16,18,21,25,29H,6-7,10-11,13-14H2,1H3. The molecule has 5 fully saturated rings. The Hall–Kier alpha value is -3.64. The highest BCUT2D eigenvalue weighted by molar-refractivity contribution is 7.13. The molecule has 6 atom stereocenters. The van der Waals surface area contributed by atoms with Crippen LogP contribution in [0.25, 0.3) is 21.3 Å². The Morgan fingerprint density at radius 2 is 2.02 bits per heavy atom. The number of carbonyl (C=O) groups is 1. The fourth-order valence-electron chi connectivity index (χ4n) is 8.45. The predicted molar refractivity (Wildman–Crippen MR) is 153 cm³/mol. The van der Waals surface area contributed by atoms with Gasteiger partial charge in [-0.2, -0.15) is 4.37 Å². The smallest absolute Gasteiger partial charge is 0.464 e. The number of rotatable bonds is 8. The average Bonchev–Trinajstić information content (AvgIpc) is 3.95. The number of para-hydroxylation sites is 1. The number of piperidine rings is 2. The van der Waals surface area contributed by atoms with Crippen molar-refractivity contribution in [1.82, 2.24) is 9.53 Å². The van der Waals surface area contributed by atoms with Crippen molar-refractivity contribution in [3.8, 4) is 17.0 Å². The molecule has 2 aromatic carbocycles. The Bertz CT molecular complexity index is 1820. The lowest BCUT2D eigenvalue weighted by molar-refractivity contribution is -0.274. The van der Waals surface area contributed by atoms with Crippen LogP contribution in [0.15, 0.2) is 47.0 Å². The Morgan fingerprint density at radius 1 is 1.18 bits per heavy atom. The van der Waals surface area contributed by atoms with Crippen molar-refractivity contribution < 1.29 is 36.7 Å². The molecule has 6 unspecified atom stereocenters. The van der Waals surface area contributed by atoms with E-state index < -0.39 is 12.3 Å². The summed E-state index contributed by atoms with van der Waals surface area (Å²) in [7, 11) is 1.36. The van der Waals surface area contributed by atoms with Crippen LogP contribution in [0.4, 0.5) is 18.9 Å². The molecule has 0 amide bonds. The number of nitrogens with zero attached hydrogens (tertiary/aromatic N) is 3. The zero-order valence-electron chi connectivity index (χ0n) is 23.7. The molecule has 12 heteroatoms. The average molecular weight is 624 g/mol. The third kappa shape index (κ3) is 3.95. The number of aromatic nitrogens is 2. The molecule has 2 aromatic heterocycles. The topological polar surface area (TPSA) is 86.9 Å². The van der Waals surface area contributed by atoms with Gasteiger partial charge in [0.15, 0.2) is 5.69 Å². The first-order valence-electron chi connectivity index (χ1n) is 15.0. The summed E-state index contributed by atoms with van der Waals surface area (Å²) in [5, 5.41) is 5.05. The number of halogens is 3.